The van der Waals surface area contributed by atoms with Crippen molar-refractivity contribution in [3.8, 4) is 16.9 Å². The van der Waals surface area contributed by atoms with Crippen LogP contribution in [0.5, 0.6) is 5.75 Å². The number of hydrogen-bond donors (Lipinski definition) is 0. The van der Waals surface area contributed by atoms with E-state index in [1.165, 1.54) is 23.1 Å². The summed E-state index contributed by atoms with van der Waals surface area (Å²) in [6.45, 7) is 2.81. The minimum atomic E-state index is -0.287. The van der Waals surface area contributed by atoms with Gasteiger partial charge in [0.25, 0.3) is 0 Å². The van der Waals surface area contributed by atoms with Gasteiger partial charge >= 0.3 is 0 Å². The van der Waals surface area contributed by atoms with Crippen LogP contribution >= 0.6 is 0 Å². The second kappa shape index (κ2) is 7.14. The molecule has 0 saturated heterocycles. The molecule has 0 fully saturated rings. The van der Waals surface area contributed by atoms with Gasteiger partial charge in [0, 0.05) is 12.1 Å². The fourth-order valence-corrected chi connectivity index (χ4v) is 3.15. The molecule has 1 aliphatic rings. The molecular formula is C19H18FN5O2. The van der Waals surface area contributed by atoms with Gasteiger partial charge < -0.3 is 9.64 Å². The molecule has 3 aromatic rings. The third-order valence-electron chi connectivity index (χ3n) is 4.58. The molecule has 0 bridgehead atoms. The third-order valence-corrected chi connectivity index (χ3v) is 4.58. The smallest absolute Gasteiger partial charge is 0.245 e. The predicted octanol–water partition coefficient (Wildman–Crippen LogP) is 2.29. The second-order valence-corrected chi connectivity index (χ2v) is 6.52. The van der Waals surface area contributed by atoms with Crippen LogP contribution in [0.15, 0.2) is 48.8 Å². The van der Waals surface area contributed by atoms with Crippen LogP contribution in [-0.4, -0.2) is 43.7 Å². The summed E-state index contributed by atoms with van der Waals surface area (Å²) in [6.07, 6.45) is 1.41. The summed E-state index contributed by atoms with van der Waals surface area (Å²) in [5.74, 6) is 0.354. The monoisotopic (exact) mass is 367 g/mol. The summed E-state index contributed by atoms with van der Waals surface area (Å²) in [5.41, 5.74) is 2.53. The Balaban J connectivity index is 1.62. The molecule has 1 amide bonds. The standard InChI is InChI=1S/C19H18FN5O2/c1-13-11-27-18-6-5-15(14-3-2-4-17(20)8-14)7-16(18)9-25(13)19(26)10-24-12-21-22-23-24/h2-8,12-13H,9-11H2,1H3/t13-/m0/s1. The van der Waals surface area contributed by atoms with Gasteiger partial charge in [0.2, 0.25) is 5.91 Å². The Labute approximate surface area is 155 Å². The normalized spacial score (nSPS) is 16.4. The molecule has 2 aromatic carbocycles. The lowest BCUT2D eigenvalue weighted by molar-refractivity contribution is -0.135. The van der Waals surface area contributed by atoms with E-state index in [9.17, 15) is 9.18 Å². The van der Waals surface area contributed by atoms with Crippen molar-refractivity contribution in [3.63, 3.8) is 0 Å². The van der Waals surface area contributed by atoms with E-state index in [1.54, 1.807) is 11.0 Å². The summed E-state index contributed by atoms with van der Waals surface area (Å²) in [5, 5.41) is 10.9. The van der Waals surface area contributed by atoms with E-state index in [2.05, 4.69) is 15.5 Å². The second-order valence-electron chi connectivity index (χ2n) is 6.52. The van der Waals surface area contributed by atoms with Crippen molar-refractivity contribution in [2.75, 3.05) is 6.61 Å². The first-order valence-electron chi connectivity index (χ1n) is 8.62. The van der Waals surface area contributed by atoms with Crippen molar-refractivity contribution < 1.29 is 13.9 Å². The highest BCUT2D eigenvalue weighted by molar-refractivity contribution is 5.76. The van der Waals surface area contributed by atoms with Crippen molar-refractivity contribution in [1.82, 2.24) is 25.1 Å². The number of halogens is 1. The summed E-state index contributed by atoms with van der Waals surface area (Å²) in [6, 6.07) is 12.1. The number of hydrogen-bond acceptors (Lipinski definition) is 5. The zero-order chi connectivity index (χ0) is 18.8. The Morgan fingerprint density at radius 3 is 2.89 bits per heavy atom. The lowest BCUT2D eigenvalue weighted by atomic mass is 10.0. The lowest BCUT2D eigenvalue weighted by Crippen LogP contribution is -2.41. The van der Waals surface area contributed by atoms with E-state index in [0.29, 0.717) is 13.2 Å². The quantitative estimate of drug-likeness (QED) is 0.710. The van der Waals surface area contributed by atoms with Gasteiger partial charge in [-0.05, 0) is 52.7 Å². The Kier molecular flexibility index (Phi) is 4.53. The minimum Gasteiger partial charge on any atom is -0.491 e. The van der Waals surface area contributed by atoms with E-state index in [-0.39, 0.29) is 24.3 Å². The van der Waals surface area contributed by atoms with E-state index in [0.717, 1.165) is 22.4 Å². The molecule has 1 atom stereocenters. The van der Waals surface area contributed by atoms with Crippen LogP contribution in [0.3, 0.4) is 0 Å². The van der Waals surface area contributed by atoms with Crippen LogP contribution in [0.2, 0.25) is 0 Å². The average Bonchev–Trinajstić information content (AvgIpc) is 3.11. The van der Waals surface area contributed by atoms with Crippen molar-refractivity contribution >= 4 is 5.91 Å². The molecule has 2 heterocycles. The first-order valence-corrected chi connectivity index (χ1v) is 8.62. The van der Waals surface area contributed by atoms with Crippen molar-refractivity contribution in [2.45, 2.75) is 26.1 Å². The molecule has 7 nitrogen and oxygen atoms in total. The molecule has 138 valence electrons. The fraction of sp³-hybridized carbons (Fsp3) is 0.263. The maximum atomic E-state index is 13.6. The zero-order valence-corrected chi connectivity index (χ0v) is 14.7. The van der Waals surface area contributed by atoms with Crippen molar-refractivity contribution in [2.24, 2.45) is 0 Å². The number of amides is 1. The number of benzene rings is 2. The Morgan fingerprint density at radius 1 is 1.26 bits per heavy atom. The fourth-order valence-electron chi connectivity index (χ4n) is 3.15. The molecule has 27 heavy (non-hydrogen) atoms. The van der Waals surface area contributed by atoms with E-state index in [1.807, 2.05) is 31.2 Å². The molecule has 8 heteroatoms. The Hall–Kier alpha value is -3.29. The van der Waals surface area contributed by atoms with Gasteiger partial charge in [-0.25, -0.2) is 9.07 Å². The van der Waals surface area contributed by atoms with E-state index in [4.69, 9.17) is 4.74 Å². The zero-order valence-electron chi connectivity index (χ0n) is 14.7. The number of ether oxygens (including phenoxy) is 1. The van der Waals surface area contributed by atoms with Gasteiger partial charge in [0.05, 0.1) is 6.04 Å². The van der Waals surface area contributed by atoms with Crippen LogP contribution in [0.4, 0.5) is 4.39 Å². The maximum Gasteiger partial charge on any atom is 0.245 e. The molecular weight excluding hydrogens is 349 g/mol. The third kappa shape index (κ3) is 3.64. The van der Waals surface area contributed by atoms with Gasteiger partial charge in [-0.15, -0.1) is 5.10 Å². The first-order chi connectivity index (χ1) is 13.1. The van der Waals surface area contributed by atoms with Gasteiger partial charge in [0.1, 0.15) is 31.0 Å². The Morgan fingerprint density at radius 2 is 2.11 bits per heavy atom. The van der Waals surface area contributed by atoms with Crippen LogP contribution < -0.4 is 4.74 Å². The topological polar surface area (TPSA) is 73.1 Å². The summed E-state index contributed by atoms with van der Waals surface area (Å²) in [7, 11) is 0. The van der Waals surface area contributed by atoms with Gasteiger partial charge in [-0.3, -0.25) is 4.79 Å². The number of aromatic nitrogens is 4. The van der Waals surface area contributed by atoms with Crippen LogP contribution in [-0.2, 0) is 17.9 Å². The highest BCUT2D eigenvalue weighted by atomic mass is 19.1. The predicted molar refractivity (Wildman–Crippen MR) is 95.2 cm³/mol. The average molecular weight is 367 g/mol. The highest BCUT2D eigenvalue weighted by Gasteiger charge is 2.26. The lowest BCUT2D eigenvalue weighted by Gasteiger charge is -2.26. The van der Waals surface area contributed by atoms with Crippen molar-refractivity contribution in [3.05, 3.63) is 60.2 Å². The molecule has 4 rings (SSSR count). The SMILES string of the molecule is C[C@H]1COc2ccc(-c3cccc(F)c3)cc2CN1C(=O)Cn1cnnn1. The summed E-state index contributed by atoms with van der Waals surface area (Å²) >= 11 is 0. The van der Waals surface area contributed by atoms with Crippen LogP contribution in [0.1, 0.15) is 12.5 Å². The van der Waals surface area contributed by atoms with Gasteiger partial charge in [-0.2, -0.15) is 0 Å². The molecule has 1 aliphatic heterocycles. The Bertz CT molecular complexity index is 960. The largest absolute Gasteiger partial charge is 0.491 e. The molecule has 0 unspecified atom stereocenters. The number of rotatable bonds is 3. The van der Waals surface area contributed by atoms with Gasteiger partial charge in [-0.1, -0.05) is 18.2 Å². The van der Waals surface area contributed by atoms with Gasteiger partial charge in [0.15, 0.2) is 0 Å². The number of nitrogens with zero attached hydrogens (tertiary/aromatic N) is 5. The minimum absolute atomic E-state index is 0.0657. The van der Waals surface area contributed by atoms with E-state index < -0.39 is 0 Å². The molecule has 0 saturated carbocycles. The number of carbonyl (C=O) groups excluding carboxylic acids is 1. The van der Waals surface area contributed by atoms with E-state index >= 15 is 0 Å². The summed E-state index contributed by atoms with van der Waals surface area (Å²) in [4.78, 5) is 14.5. The number of carbonyl (C=O) groups is 1. The summed E-state index contributed by atoms with van der Waals surface area (Å²) < 4.78 is 20.8. The highest BCUT2D eigenvalue weighted by Crippen LogP contribution is 2.30. The molecule has 1 aromatic heterocycles. The molecule has 0 aliphatic carbocycles. The van der Waals surface area contributed by atoms with Crippen LogP contribution in [0.25, 0.3) is 11.1 Å². The van der Waals surface area contributed by atoms with Crippen LogP contribution in [0, 0.1) is 5.82 Å². The van der Waals surface area contributed by atoms with Crippen molar-refractivity contribution in [1.29, 1.82) is 0 Å². The first kappa shape index (κ1) is 17.1. The molecule has 0 N–H and O–H groups in total. The number of fused-ring (bicyclic) bond motifs is 1. The molecule has 0 spiro atoms. The molecule has 0 radical (unpaired) electrons. The number of tetrazole rings is 1. The maximum absolute atomic E-state index is 13.6.